The highest BCUT2D eigenvalue weighted by atomic mass is 16.2. The quantitative estimate of drug-likeness (QED) is 0.406. The van der Waals surface area contributed by atoms with E-state index in [-0.39, 0.29) is 30.3 Å². The third-order valence-corrected chi connectivity index (χ3v) is 6.39. The van der Waals surface area contributed by atoms with Crippen molar-refractivity contribution >= 4 is 17.8 Å². The van der Waals surface area contributed by atoms with E-state index in [1.807, 2.05) is 55.2 Å². The molecule has 6 nitrogen and oxygen atoms in total. The van der Waals surface area contributed by atoms with Gasteiger partial charge in [-0.15, -0.1) is 5.92 Å². The van der Waals surface area contributed by atoms with Gasteiger partial charge < -0.3 is 10.2 Å². The number of nitrogens with zero attached hydrogens (tertiary/aromatic N) is 2. The van der Waals surface area contributed by atoms with Crippen LogP contribution in [0.1, 0.15) is 45.6 Å². The van der Waals surface area contributed by atoms with Gasteiger partial charge in [0.25, 0.3) is 5.91 Å². The second-order valence-corrected chi connectivity index (χ2v) is 8.91. The van der Waals surface area contributed by atoms with Crippen LogP contribution in [-0.4, -0.2) is 52.8 Å². The number of urea groups is 1. The lowest BCUT2D eigenvalue weighted by Crippen LogP contribution is -2.56. The van der Waals surface area contributed by atoms with E-state index in [0.717, 1.165) is 5.56 Å². The lowest BCUT2D eigenvalue weighted by molar-refractivity contribution is -0.134. The van der Waals surface area contributed by atoms with Crippen molar-refractivity contribution in [3.63, 3.8) is 0 Å². The molecule has 2 aliphatic rings. The Hall–Kier alpha value is -3.07. The Bertz CT molecular complexity index is 921. The summed E-state index contributed by atoms with van der Waals surface area (Å²) in [4.78, 5) is 41.8. The SMILES string of the molecule is CC#CCN1C(=O)NC(CCc2ccccc2)(C2CCN(C(=O)/C=C/C(C)C)CC2)C1=O. The van der Waals surface area contributed by atoms with Crippen LogP contribution in [0.5, 0.6) is 0 Å². The molecule has 1 N–H and O–H groups in total. The van der Waals surface area contributed by atoms with E-state index < -0.39 is 5.54 Å². The maximum absolute atomic E-state index is 13.5. The van der Waals surface area contributed by atoms with Crippen LogP contribution in [-0.2, 0) is 16.0 Å². The standard InChI is InChI=1S/C26H33N3O3/c1-4-5-17-29-24(31)26(27-25(29)32,16-13-21-9-7-6-8-10-21)22-14-18-28(19-15-22)23(30)12-11-20(2)3/h6-12,20,22H,13-19H2,1-3H3,(H,27,32)/b12-11+. The minimum atomic E-state index is -0.953. The van der Waals surface area contributed by atoms with Gasteiger partial charge in [0.05, 0.1) is 6.54 Å². The molecule has 1 unspecified atom stereocenters. The van der Waals surface area contributed by atoms with Gasteiger partial charge in [0, 0.05) is 13.1 Å². The van der Waals surface area contributed by atoms with Crippen molar-refractivity contribution in [3.05, 3.63) is 48.0 Å². The second kappa shape index (κ2) is 10.5. The molecule has 1 aromatic rings. The van der Waals surface area contributed by atoms with E-state index in [2.05, 4.69) is 17.2 Å². The second-order valence-electron chi connectivity index (χ2n) is 8.91. The molecule has 0 bridgehead atoms. The molecule has 2 fully saturated rings. The van der Waals surface area contributed by atoms with E-state index in [9.17, 15) is 14.4 Å². The molecule has 32 heavy (non-hydrogen) atoms. The maximum Gasteiger partial charge on any atom is 0.325 e. The van der Waals surface area contributed by atoms with Gasteiger partial charge >= 0.3 is 6.03 Å². The minimum absolute atomic E-state index is 0.0112. The summed E-state index contributed by atoms with van der Waals surface area (Å²) < 4.78 is 0. The van der Waals surface area contributed by atoms with Gasteiger partial charge in [-0.1, -0.05) is 56.2 Å². The van der Waals surface area contributed by atoms with E-state index >= 15 is 0 Å². The third kappa shape index (κ3) is 5.21. The minimum Gasteiger partial charge on any atom is -0.339 e. The van der Waals surface area contributed by atoms with Crippen LogP contribution in [0.2, 0.25) is 0 Å². The van der Waals surface area contributed by atoms with Crippen LogP contribution in [0.4, 0.5) is 4.79 Å². The normalized spacial score (nSPS) is 21.8. The van der Waals surface area contributed by atoms with Crippen LogP contribution in [0.25, 0.3) is 0 Å². The smallest absolute Gasteiger partial charge is 0.325 e. The van der Waals surface area contributed by atoms with Crippen molar-refractivity contribution in [2.24, 2.45) is 11.8 Å². The number of carbonyl (C=O) groups is 3. The molecular weight excluding hydrogens is 402 g/mol. The zero-order chi connectivity index (χ0) is 23.1. The first kappa shape index (κ1) is 23.6. The number of hydrogen-bond acceptors (Lipinski definition) is 3. The fraction of sp³-hybridized carbons (Fsp3) is 0.500. The molecule has 0 radical (unpaired) electrons. The molecule has 4 amide bonds. The Morgan fingerprint density at radius 3 is 2.53 bits per heavy atom. The zero-order valence-corrected chi connectivity index (χ0v) is 19.3. The summed E-state index contributed by atoms with van der Waals surface area (Å²) in [6.45, 7) is 7.03. The predicted octanol–water partition coefficient (Wildman–Crippen LogP) is 3.38. The van der Waals surface area contributed by atoms with Crippen molar-refractivity contribution in [3.8, 4) is 11.8 Å². The molecule has 0 saturated carbocycles. The fourth-order valence-corrected chi connectivity index (χ4v) is 4.56. The van der Waals surface area contributed by atoms with Crippen molar-refractivity contribution in [2.45, 2.75) is 52.0 Å². The van der Waals surface area contributed by atoms with Crippen LogP contribution in [0.15, 0.2) is 42.5 Å². The lowest BCUT2D eigenvalue weighted by Gasteiger charge is -2.40. The number of hydrogen-bond donors (Lipinski definition) is 1. The van der Waals surface area contributed by atoms with E-state index in [1.165, 1.54) is 4.90 Å². The summed E-state index contributed by atoms with van der Waals surface area (Å²) in [5, 5.41) is 3.05. The monoisotopic (exact) mass is 435 g/mol. The highest BCUT2D eigenvalue weighted by Gasteiger charge is 2.55. The molecule has 2 heterocycles. The molecular formula is C26H33N3O3. The number of benzene rings is 1. The molecule has 6 heteroatoms. The molecule has 1 atom stereocenters. The van der Waals surface area contributed by atoms with Gasteiger partial charge in [0.2, 0.25) is 5.91 Å². The van der Waals surface area contributed by atoms with E-state index in [0.29, 0.717) is 44.7 Å². The third-order valence-electron chi connectivity index (χ3n) is 6.39. The first-order valence-corrected chi connectivity index (χ1v) is 11.4. The average Bonchev–Trinajstić information content (AvgIpc) is 3.05. The first-order chi connectivity index (χ1) is 15.4. The number of piperidine rings is 1. The van der Waals surface area contributed by atoms with Crippen LogP contribution < -0.4 is 5.32 Å². The molecule has 0 aromatic heterocycles. The Morgan fingerprint density at radius 1 is 1.22 bits per heavy atom. The maximum atomic E-state index is 13.5. The Balaban J connectivity index is 1.78. The number of rotatable bonds is 7. The topological polar surface area (TPSA) is 69.7 Å². The van der Waals surface area contributed by atoms with Crippen LogP contribution in [0, 0.1) is 23.7 Å². The summed E-state index contributed by atoms with van der Waals surface area (Å²) in [5.74, 6) is 5.72. The number of aryl methyl sites for hydroxylation is 1. The van der Waals surface area contributed by atoms with Crippen molar-refractivity contribution in [2.75, 3.05) is 19.6 Å². The summed E-state index contributed by atoms with van der Waals surface area (Å²) in [6, 6.07) is 9.64. The molecule has 2 saturated heterocycles. The van der Waals surface area contributed by atoms with Crippen LogP contribution in [0.3, 0.4) is 0 Å². The van der Waals surface area contributed by atoms with E-state index in [1.54, 1.807) is 13.0 Å². The number of imide groups is 1. The van der Waals surface area contributed by atoms with Gasteiger partial charge in [-0.3, -0.25) is 14.5 Å². The lowest BCUT2D eigenvalue weighted by atomic mass is 9.74. The average molecular weight is 436 g/mol. The first-order valence-electron chi connectivity index (χ1n) is 11.4. The van der Waals surface area contributed by atoms with Gasteiger partial charge in [0.1, 0.15) is 5.54 Å². The zero-order valence-electron chi connectivity index (χ0n) is 19.3. The largest absolute Gasteiger partial charge is 0.339 e. The van der Waals surface area contributed by atoms with Gasteiger partial charge in [-0.2, -0.15) is 0 Å². The molecule has 3 rings (SSSR count). The van der Waals surface area contributed by atoms with Crippen molar-refractivity contribution < 1.29 is 14.4 Å². The number of amides is 4. The number of carbonyl (C=O) groups excluding carboxylic acids is 3. The Morgan fingerprint density at radius 2 is 1.91 bits per heavy atom. The highest BCUT2D eigenvalue weighted by Crippen LogP contribution is 2.37. The molecule has 0 aliphatic carbocycles. The molecule has 0 spiro atoms. The fourth-order valence-electron chi connectivity index (χ4n) is 4.56. The van der Waals surface area contributed by atoms with Crippen LogP contribution >= 0.6 is 0 Å². The Kier molecular flexibility index (Phi) is 7.74. The van der Waals surface area contributed by atoms with Crippen molar-refractivity contribution in [1.29, 1.82) is 0 Å². The number of likely N-dealkylation sites (tertiary alicyclic amines) is 1. The molecule has 2 aliphatic heterocycles. The van der Waals surface area contributed by atoms with Gasteiger partial charge in [0.15, 0.2) is 0 Å². The molecule has 1 aromatic carbocycles. The van der Waals surface area contributed by atoms with Crippen molar-refractivity contribution in [1.82, 2.24) is 15.1 Å². The number of nitrogens with one attached hydrogen (secondary N) is 1. The predicted molar refractivity (Wildman–Crippen MR) is 124 cm³/mol. The highest BCUT2D eigenvalue weighted by molar-refractivity contribution is 6.07. The number of allylic oxidation sites excluding steroid dienone is 1. The Labute approximate surface area is 191 Å². The van der Waals surface area contributed by atoms with Gasteiger partial charge in [-0.05, 0) is 56.1 Å². The summed E-state index contributed by atoms with van der Waals surface area (Å²) in [7, 11) is 0. The van der Waals surface area contributed by atoms with E-state index in [4.69, 9.17) is 0 Å². The summed E-state index contributed by atoms with van der Waals surface area (Å²) in [5.41, 5.74) is 0.179. The summed E-state index contributed by atoms with van der Waals surface area (Å²) in [6.07, 6.45) is 6.12. The summed E-state index contributed by atoms with van der Waals surface area (Å²) >= 11 is 0. The molecule has 170 valence electrons. The van der Waals surface area contributed by atoms with Gasteiger partial charge in [-0.25, -0.2) is 4.79 Å².